The van der Waals surface area contributed by atoms with E-state index in [1.807, 2.05) is 65.5 Å². The number of benzene rings is 2. The molecule has 2 heterocycles. The van der Waals surface area contributed by atoms with Gasteiger partial charge in [0.2, 0.25) is 0 Å². The molecule has 28 heavy (non-hydrogen) atoms. The summed E-state index contributed by atoms with van der Waals surface area (Å²) in [5, 5.41) is 12.1. The maximum absolute atomic E-state index is 14.3. The van der Waals surface area contributed by atoms with Crippen molar-refractivity contribution < 1.29 is 14.2 Å². The molecule has 2 aromatic heterocycles. The van der Waals surface area contributed by atoms with Gasteiger partial charge in [0.1, 0.15) is 12.4 Å². The molecular formula is C22H20FN3O2. The van der Waals surface area contributed by atoms with Crippen molar-refractivity contribution >= 4 is 16.6 Å². The maximum atomic E-state index is 14.3. The van der Waals surface area contributed by atoms with Gasteiger partial charge < -0.3 is 9.84 Å². The number of fused-ring (bicyclic) bond motifs is 1. The lowest BCUT2D eigenvalue weighted by molar-refractivity contribution is 0.298. The molecule has 142 valence electrons. The molecule has 0 atom stereocenters. The summed E-state index contributed by atoms with van der Waals surface area (Å²) in [5.74, 6) is 0.318. The summed E-state index contributed by atoms with van der Waals surface area (Å²) in [6.07, 6.45) is 4.55. The van der Waals surface area contributed by atoms with Gasteiger partial charge in [-0.2, -0.15) is 0 Å². The second-order valence-electron chi connectivity index (χ2n) is 6.33. The minimum atomic E-state index is -0.444. The molecule has 0 bridgehead atoms. The number of nitrogens with zero attached hydrogens (tertiary/aromatic N) is 3. The zero-order chi connectivity index (χ0) is 19.3. The Balaban J connectivity index is 1.62. The van der Waals surface area contributed by atoms with Crippen LogP contribution in [0.5, 0.6) is 5.75 Å². The molecule has 4 rings (SSSR count). The third kappa shape index (κ3) is 3.68. The number of ether oxygens (including phenoxy) is 1. The molecule has 0 fully saturated rings. The average Bonchev–Trinajstić information content (AvgIpc) is 3.15. The van der Waals surface area contributed by atoms with E-state index in [0.717, 1.165) is 22.2 Å². The van der Waals surface area contributed by atoms with Crippen LogP contribution in [0.4, 0.5) is 10.1 Å². The van der Waals surface area contributed by atoms with Crippen molar-refractivity contribution in [2.24, 2.45) is 0 Å². The van der Waals surface area contributed by atoms with Crippen LogP contribution < -0.4 is 9.75 Å². The summed E-state index contributed by atoms with van der Waals surface area (Å²) in [7, 11) is 0. The second-order valence-corrected chi connectivity index (χ2v) is 6.33. The van der Waals surface area contributed by atoms with E-state index in [1.165, 1.54) is 12.4 Å². The molecule has 6 heteroatoms. The Morgan fingerprint density at radius 1 is 1.07 bits per heavy atom. The first-order valence-electron chi connectivity index (χ1n) is 9.02. The molecule has 0 aliphatic rings. The fourth-order valence-corrected chi connectivity index (χ4v) is 3.16. The largest absolute Gasteiger partial charge is 0.489 e. The van der Waals surface area contributed by atoms with Crippen molar-refractivity contribution in [2.75, 3.05) is 18.2 Å². The maximum Gasteiger partial charge on any atom is 0.166 e. The van der Waals surface area contributed by atoms with Crippen molar-refractivity contribution in [1.82, 2.24) is 9.66 Å². The molecule has 0 aliphatic heterocycles. The van der Waals surface area contributed by atoms with E-state index in [0.29, 0.717) is 12.3 Å². The van der Waals surface area contributed by atoms with Gasteiger partial charge in [-0.3, -0.25) is 14.7 Å². The van der Waals surface area contributed by atoms with Crippen LogP contribution in [0.15, 0.2) is 79.3 Å². The summed E-state index contributed by atoms with van der Waals surface area (Å²) in [4.78, 5) is 3.80. The summed E-state index contributed by atoms with van der Waals surface area (Å²) < 4.78 is 22.0. The Labute approximate surface area is 162 Å². The molecule has 0 amide bonds. The van der Waals surface area contributed by atoms with E-state index in [2.05, 4.69) is 4.98 Å². The predicted molar refractivity (Wildman–Crippen MR) is 107 cm³/mol. The monoisotopic (exact) mass is 377 g/mol. The minimum Gasteiger partial charge on any atom is -0.489 e. The highest BCUT2D eigenvalue weighted by atomic mass is 19.1. The number of halogens is 1. The van der Waals surface area contributed by atoms with Crippen LogP contribution in [-0.4, -0.2) is 27.9 Å². The minimum absolute atomic E-state index is 0.111. The van der Waals surface area contributed by atoms with Gasteiger partial charge in [-0.25, -0.2) is 4.39 Å². The molecule has 2 aromatic carbocycles. The topological polar surface area (TPSA) is 50.5 Å². The molecule has 0 radical (unpaired) electrons. The molecule has 1 N–H and O–H groups in total. The molecule has 0 saturated carbocycles. The molecule has 4 aromatic rings. The smallest absolute Gasteiger partial charge is 0.166 e. The van der Waals surface area contributed by atoms with Gasteiger partial charge in [0.05, 0.1) is 30.6 Å². The summed E-state index contributed by atoms with van der Waals surface area (Å²) in [6, 6.07) is 19.3. The van der Waals surface area contributed by atoms with Crippen LogP contribution in [0, 0.1) is 5.82 Å². The van der Waals surface area contributed by atoms with E-state index in [9.17, 15) is 9.50 Å². The number of aromatic nitrogens is 2. The van der Waals surface area contributed by atoms with Gasteiger partial charge in [0.15, 0.2) is 5.82 Å². The Bertz CT molecular complexity index is 1070. The number of hydrogen-bond acceptors (Lipinski definition) is 4. The fraction of sp³-hybridized carbons (Fsp3) is 0.136. The molecule has 0 aliphatic carbocycles. The van der Waals surface area contributed by atoms with Crippen LogP contribution in [-0.2, 0) is 6.61 Å². The fourth-order valence-electron chi connectivity index (χ4n) is 3.16. The van der Waals surface area contributed by atoms with Crippen LogP contribution >= 0.6 is 0 Å². The first kappa shape index (κ1) is 18.0. The molecular weight excluding hydrogens is 357 g/mol. The number of rotatable bonds is 7. The molecule has 0 spiro atoms. The highest BCUT2D eigenvalue weighted by Crippen LogP contribution is 2.26. The number of aliphatic hydroxyl groups excluding tert-OH is 1. The number of aliphatic hydroxyl groups is 1. The van der Waals surface area contributed by atoms with Crippen LogP contribution in [0.3, 0.4) is 0 Å². The Morgan fingerprint density at radius 2 is 1.93 bits per heavy atom. The predicted octanol–water partition coefficient (Wildman–Crippen LogP) is 4.02. The third-order valence-corrected chi connectivity index (χ3v) is 4.49. The first-order chi connectivity index (χ1) is 13.8. The lowest BCUT2D eigenvalue weighted by Gasteiger charge is -2.26. The van der Waals surface area contributed by atoms with Gasteiger partial charge in [-0.05, 0) is 35.9 Å². The van der Waals surface area contributed by atoms with E-state index >= 15 is 0 Å². The van der Waals surface area contributed by atoms with Crippen molar-refractivity contribution in [2.45, 2.75) is 6.61 Å². The Morgan fingerprint density at radius 3 is 2.71 bits per heavy atom. The lowest BCUT2D eigenvalue weighted by Crippen LogP contribution is -2.32. The quantitative estimate of drug-likeness (QED) is 0.529. The number of anilines is 1. The number of hydrogen-bond donors (Lipinski definition) is 1. The van der Waals surface area contributed by atoms with Crippen LogP contribution in [0.25, 0.3) is 10.9 Å². The van der Waals surface area contributed by atoms with E-state index in [-0.39, 0.29) is 13.2 Å². The van der Waals surface area contributed by atoms with Gasteiger partial charge in [0, 0.05) is 17.8 Å². The normalized spacial score (nSPS) is 10.9. The zero-order valence-electron chi connectivity index (χ0n) is 15.2. The van der Waals surface area contributed by atoms with Gasteiger partial charge >= 0.3 is 0 Å². The van der Waals surface area contributed by atoms with Gasteiger partial charge in [-0.15, -0.1) is 0 Å². The average molecular weight is 377 g/mol. The molecule has 0 saturated heterocycles. The molecule has 0 unspecified atom stereocenters. The highest BCUT2D eigenvalue weighted by molar-refractivity contribution is 5.82. The van der Waals surface area contributed by atoms with Crippen molar-refractivity contribution in [1.29, 1.82) is 0 Å². The highest BCUT2D eigenvalue weighted by Gasteiger charge is 2.15. The first-order valence-corrected chi connectivity index (χ1v) is 9.02. The number of pyridine rings is 1. The Kier molecular flexibility index (Phi) is 5.21. The van der Waals surface area contributed by atoms with Crippen molar-refractivity contribution in [3.8, 4) is 5.75 Å². The zero-order valence-corrected chi connectivity index (χ0v) is 15.2. The van der Waals surface area contributed by atoms with E-state index < -0.39 is 5.82 Å². The third-order valence-electron chi connectivity index (χ3n) is 4.49. The van der Waals surface area contributed by atoms with Crippen LogP contribution in [0.1, 0.15) is 5.56 Å². The van der Waals surface area contributed by atoms with Gasteiger partial charge in [-0.1, -0.05) is 30.3 Å². The summed E-state index contributed by atoms with van der Waals surface area (Å²) >= 11 is 0. The second kappa shape index (κ2) is 8.10. The summed E-state index contributed by atoms with van der Waals surface area (Å²) in [6.45, 7) is 0.628. The molecule has 5 nitrogen and oxygen atoms in total. The SMILES string of the molecule is OCCN(c1ccncc1F)n1ccc2cc(OCc3ccccc3)ccc21. The lowest BCUT2D eigenvalue weighted by atomic mass is 10.2. The van der Waals surface area contributed by atoms with E-state index in [4.69, 9.17) is 4.74 Å². The standard InChI is InChI=1S/C22H20FN3O2/c23-20-15-24-10-8-22(20)26(12-13-27)25-11-9-18-14-19(6-7-21(18)25)28-16-17-4-2-1-3-5-17/h1-11,14-15,27H,12-13,16H2. The van der Waals surface area contributed by atoms with Gasteiger partial charge in [0.25, 0.3) is 0 Å². The van der Waals surface area contributed by atoms with Crippen LogP contribution in [0.2, 0.25) is 0 Å². The van der Waals surface area contributed by atoms with Crippen molar-refractivity contribution in [3.05, 3.63) is 90.6 Å². The Hall–Kier alpha value is -3.38. The van der Waals surface area contributed by atoms with E-state index in [1.54, 1.807) is 11.1 Å². The summed E-state index contributed by atoms with van der Waals surface area (Å²) in [5.41, 5.74) is 2.34. The van der Waals surface area contributed by atoms with Crippen molar-refractivity contribution in [3.63, 3.8) is 0 Å².